The number of nitrogens with zero attached hydrogens (tertiary/aromatic N) is 4. The number of aryl methyl sites for hydroxylation is 1. The molecule has 1 radical (unpaired) electrons. The summed E-state index contributed by atoms with van der Waals surface area (Å²) in [7, 11) is 0. The molecule has 2 aromatic heterocycles. The molecule has 5 heteroatoms. The van der Waals surface area contributed by atoms with E-state index in [0.29, 0.717) is 22.4 Å². The minimum absolute atomic E-state index is 0. The first-order valence-electron chi connectivity index (χ1n) is 11.0. The minimum atomic E-state index is 0. The fourth-order valence-corrected chi connectivity index (χ4v) is 3.43. The van der Waals surface area contributed by atoms with Gasteiger partial charge < -0.3 is 9.97 Å². The van der Waals surface area contributed by atoms with Crippen molar-refractivity contribution in [1.29, 1.82) is 10.5 Å². The summed E-state index contributed by atoms with van der Waals surface area (Å²) in [6.07, 6.45) is 3.63. The molecule has 0 fully saturated rings. The third-order valence-electron chi connectivity index (χ3n) is 5.25. The largest absolute Gasteiger partial charge is 0.304 e. The minimum Gasteiger partial charge on any atom is -0.304 e. The number of aromatic nitrogens is 2. The second kappa shape index (κ2) is 12.9. The fourth-order valence-electron chi connectivity index (χ4n) is 3.43. The quantitative estimate of drug-likeness (QED) is 0.203. The van der Waals surface area contributed by atoms with Crippen LogP contribution < -0.4 is 0 Å². The summed E-state index contributed by atoms with van der Waals surface area (Å²) in [5, 5.41) is 18.0. The third-order valence-corrected chi connectivity index (χ3v) is 5.25. The average Bonchev–Trinajstić information content (AvgIpc) is 2.94. The van der Waals surface area contributed by atoms with Gasteiger partial charge in [0.2, 0.25) is 0 Å². The van der Waals surface area contributed by atoms with Crippen molar-refractivity contribution in [2.24, 2.45) is 0 Å². The van der Waals surface area contributed by atoms with Gasteiger partial charge in [0.15, 0.2) is 0 Å². The van der Waals surface area contributed by atoms with E-state index in [-0.39, 0.29) is 20.1 Å². The second-order valence-corrected chi connectivity index (χ2v) is 7.66. The van der Waals surface area contributed by atoms with E-state index in [9.17, 15) is 0 Å². The van der Waals surface area contributed by atoms with Gasteiger partial charge in [-0.05, 0) is 46.1 Å². The monoisotopic (exact) mass is 641 g/mol. The van der Waals surface area contributed by atoms with E-state index in [1.807, 2.05) is 85.9 Å². The Hall–Kier alpha value is -4.41. The first-order valence-corrected chi connectivity index (χ1v) is 11.0. The Balaban J connectivity index is 0.000000196. The smallest absolute Gasteiger partial charge is 0.0802 e. The van der Waals surface area contributed by atoms with Crippen LogP contribution in [0.1, 0.15) is 16.7 Å². The van der Waals surface area contributed by atoms with Gasteiger partial charge in [-0.1, -0.05) is 54.6 Å². The number of benzene rings is 3. The molecule has 0 spiro atoms. The van der Waals surface area contributed by atoms with Crippen molar-refractivity contribution >= 4 is 0 Å². The van der Waals surface area contributed by atoms with Crippen molar-refractivity contribution in [2.45, 2.75) is 6.92 Å². The molecule has 5 rings (SSSR count). The van der Waals surface area contributed by atoms with Gasteiger partial charge >= 0.3 is 0 Å². The van der Waals surface area contributed by atoms with Gasteiger partial charge in [-0.25, -0.2) is 5.26 Å². The summed E-state index contributed by atoms with van der Waals surface area (Å²) in [6, 6.07) is 39.4. The van der Waals surface area contributed by atoms with Crippen LogP contribution in [0.15, 0.2) is 103 Å². The average molecular weight is 641 g/mol. The Morgan fingerprint density at radius 2 is 1.42 bits per heavy atom. The van der Waals surface area contributed by atoms with E-state index < -0.39 is 0 Å². The van der Waals surface area contributed by atoms with Gasteiger partial charge in [-0.3, -0.25) is 0 Å². The Kier molecular flexibility index (Phi) is 9.38. The van der Waals surface area contributed by atoms with Crippen LogP contribution in [0, 0.1) is 41.7 Å². The summed E-state index contributed by atoms with van der Waals surface area (Å²) in [5.41, 5.74) is 7.26. The Labute approximate surface area is 224 Å². The zero-order valence-electron chi connectivity index (χ0n) is 19.4. The predicted molar refractivity (Wildman–Crippen MR) is 137 cm³/mol. The summed E-state index contributed by atoms with van der Waals surface area (Å²) in [5.74, 6) is 0. The van der Waals surface area contributed by atoms with Crippen LogP contribution in [0.5, 0.6) is 0 Å². The van der Waals surface area contributed by atoms with E-state index in [1.54, 1.807) is 18.3 Å². The molecule has 0 saturated heterocycles. The van der Waals surface area contributed by atoms with Crippen LogP contribution in [0.4, 0.5) is 0 Å². The molecule has 0 amide bonds. The second-order valence-electron chi connectivity index (χ2n) is 7.66. The first kappa shape index (κ1) is 26.2. The van der Waals surface area contributed by atoms with Crippen molar-refractivity contribution in [2.75, 3.05) is 0 Å². The van der Waals surface area contributed by atoms with Crippen molar-refractivity contribution in [3.63, 3.8) is 0 Å². The van der Waals surface area contributed by atoms with Crippen molar-refractivity contribution in [1.82, 2.24) is 9.97 Å². The predicted octanol–water partition coefficient (Wildman–Crippen LogP) is 6.81. The van der Waals surface area contributed by atoms with Crippen LogP contribution in [0.25, 0.3) is 33.6 Å². The number of pyridine rings is 2. The molecule has 2 heterocycles. The molecule has 0 N–H and O–H groups in total. The van der Waals surface area contributed by atoms with E-state index in [2.05, 4.69) is 40.3 Å². The standard InChI is InChI=1S/C17H12N.C14H8N3.Ir/c1-3-7-14(8-4-1)16-11-12-17(18-13-16)15-9-5-2-6-10-15;1-10-5-6-14(17-9-10)12-4-2-3-11(7-15)13(12)8-16;/h1-9,11-13H;2-3,5-6,9H,1H3;/q2*-1;. The van der Waals surface area contributed by atoms with E-state index in [0.717, 1.165) is 22.4 Å². The molecule has 0 unspecified atom stereocenters. The fraction of sp³-hybridized carbons (Fsp3) is 0.0323. The number of nitriles is 2. The van der Waals surface area contributed by atoms with E-state index in [1.165, 1.54) is 5.56 Å². The Bertz CT molecular complexity index is 1430. The maximum atomic E-state index is 9.10. The summed E-state index contributed by atoms with van der Waals surface area (Å²) in [4.78, 5) is 8.73. The summed E-state index contributed by atoms with van der Waals surface area (Å²) >= 11 is 0. The van der Waals surface area contributed by atoms with Gasteiger partial charge in [0.05, 0.1) is 6.07 Å². The Morgan fingerprint density at radius 1 is 0.667 bits per heavy atom. The van der Waals surface area contributed by atoms with E-state index >= 15 is 0 Å². The molecule has 0 aliphatic heterocycles. The van der Waals surface area contributed by atoms with Crippen LogP contribution in [-0.2, 0) is 20.1 Å². The molecular weight excluding hydrogens is 621 g/mol. The number of rotatable bonds is 3. The molecule has 0 aliphatic rings. The van der Waals surface area contributed by atoms with Crippen LogP contribution in [-0.4, -0.2) is 9.97 Å². The summed E-state index contributed by atoms with van der Waals surface area (Å²) < 4.78 is 0. The van der Waals surface area contributed by atoms with Crippen molar-refractivity contribution in [3.8, 4) is 45.8 Å². The van der Waals surface area contributed by atoms with Crippen LogP contribution >= 0.6 is 0 Å². The van der Waals surface area contributed by atoms with Crippen molar-refractivity contribution < 1.29 is 20.1 Å². The molecular formula is C31H20IrN4-2. The zero-order chi connectivity index (χ0) is 24.5. The topological polar surface area (TPSA) is 73.4 Å². The molecule has 0 aliphatic carbocycles. The van der Waals surface area contributed by atoms with Crippen molar-refractivity contribution in [3.05, 3.63) is 132 Å². The molecule has 175 valence electrons. The third kappa shape index (κ3) is 6.38. The molecule has 4 nitrogen and oxygen atoms in total. The van der Waals surface area contributed by atoms with Gasteiger partial charge in [0.25, 0.3) is 0 Å². The molecule has 0 atom stereocenters. The molecule has 5 aromatic rings. The van der Waals surface area contributed by atoms with Crippen LogP contribution in [0.3, 0.4) is 0 Å². The normalized spacial score (nSPS) is 9.53. The zero-order valence-corrected chi connectivity index (χ0v) is 21.8. The van der Waals surface area contributed by atoms with Gasteiger partial charge in [-0.15, -0.1) is 59.7 Å². The molecule has 3 aromatic carbocycles. The molecule has 0 saturated carbocycles. The maximum absolute atomic E-state index is 9.10. The molecule has 0 bridgehead atoms. The van der Waals surface area contributed by atoms with Gasteiger partial charge in [0, 0.05) is 38.6 Å². The Morgan fingerprint density at radius 3 is 2.03 bits per heavy atom. The first-order chi connectivity index (χ1) is 17.2. The van der Waals surface area contributed by atoms with Crippen LogP contribution in [0.2, 0.25) is 0 Å². The maximum Gasteiger partial charge on any atom is 0.0802 e. The van der Waals surface area contributed by atoms with Gasteiger partial charge in [-0.2, -0.15) is 5.26 Å². The number of hydrogen-bond donors (Lipinski definition) is 0. The summed E-state index contributed by atoms with van der Waals surface area (Å²) in [6.45, 7) is 1.94. The number of hydrogen-bond acceptors (Lipinski definition) is 4. The SMILES string of the molecule is Cc1ccc(-c2[c-]ccc(C#N)c2C#N)nc1.[Ir].[c-]1ccccc1-c1ccc(-c2ccccc2)cn1. The van der Waals surface area contributed by atoms with E-state index in [4.69, 9.17) is 10.5 Å². The van der Waals surface area contributed by atoms with Gasteiger partial charge in [0.1, 0.15) is 0 Å². The molecule has 36 heavy (non-hydrogen) atoms.